The molecule has 7 nitrogen and oxygen atoms in total. The summed E-state index contributed by atoms with van der Waals surface area (Å²) in [7, 11) is -2.33. The number of nitrogens with one attached hydrogen (secondary N) is 1. The molecule has 0 spiro atoms. The molecule has 1 aromatic rings. The van der Waals surface area contributed by atoms with Gasteiger partial charge < -0.3 is 10.1 Å². The van der Waals surface area contributed by atoms with Gasteiger partial charge in [-0.2, -0.15) is 0 Å². The highest BCUT2D eigenvalue weighted by molar-refractivity contribution is 7.92. The minimum absolute atomic E-state index is 0.0159. The first-order valence-electron chi connectivity index (χ1n) is 8.26. The van der Waals surface area contributed by atoms with E-state index in [4.69, 9.17) is 0 Å². The number of methoxy groups -OCH3 is 1. The Labute approximate surface area is 148 Å². The van der Waals surface area contributed by atoms with Gasteiger partial charge in [0.2, 0.25) is 15.9 Å². The van der Waals surface area contributed by atoms with Crippen LogP contribution in [0.1, 0.15) is 42.5 Å². The van der Waals surface area contributed by atoms with Crippen LogP contribution in [0.4, 0.5) is 5.69 Å². The number of rotatable bonds is 7. The Balaban J connectivity index is 2.09. The monoisotopic (exact) mass is 368 g/mol. The molecule has 0 unspecified atom stereocenters. The first-order valence-corrected chi connectivity index (χ1v) is 10.1. The normalized spacial score (nSPS) is 15.0. The van der Waals surface area contributed by atoms with Gasteiger partial charge in [-0.05, 0) is 31.0 Å². The number of hydrogen-bond donors (Lipinski definition) is 1. The first-order chi connectivity index (χ1) is 11.8. The molecule has 8 heteroatoms. The fraction of sp³-hybridized carbons (Fsp3) is 0.529. The fourth-order valence-corrected chi connectivity index (χ4v) is 3.88. The van der Waals surface area contributed by atoms with Crippen LogP contribution in [-0.2, 0) is 19.6 Å². The highest BCUT2D eigenvalue weighted by Gasteiger charge is 2.22. The summed E-state index contributed by atoms with van der Waals surface area (Å²) in [4.78, 5) is 23.7. The zero-order valence-electron chi connectivity index (χ0n) is 14.5. The van der Waals surface area contributed by atoms with Gasteiger partial charge in [-0.1, -0.05) is 18.9 Å². The molecular weight excluding hydrogens is 344 g/mol. The molecule has 2 rings (SSSR count). The van der Waals surface area contributed by atoms with Gasteiger partial charge in [0.05, 0.1) is 24.6 Å². The van der Waals surface area contributed by atoms with Crippen molar-refractivity contribution >= 4 is 27.6 Å². The number of carbonyl (C=O) groups excluding carboxylic acids is 2. The van der Waals surface area contributed by atoms with E-state index in [2.05, 4.69) is 10.1 Å². The molecule has 0 saturated heterocycles. The second-order valence-electron chi connectivity index (χ2n) is 6.18. The van der Waals surface area contributed by atoms with Crippen molar-refractivity contribution in [3.63, 3.8) is 0 Å². The molecule has 0 heterocycles. The lowest BCUT2D eigenvalue weighted by molar-refractivity contribution is -0.121. The van der Waals surface area contributed by atoms with Crippen molar-refractivity contribution in [1.82, 2.24) is 5.32 Å². The van der Waals surface area contributed by atoms with Crippen molar-refractivity contribution in [2.75, 3.05) is 24.2 Å². The Hall–Kier alpha value is -2.09. The van der Waals surface area contributed by atoms with Crippen molar-refractivity contribution in [2.45, 2.75) is 38.1 Å². The summed E-state index contributed by atoms with van der Waals surface area (Å²) in [5.74, 6) is -0.709. The van der Waals surface area contributed by atoms with Gasteiger partial charge in [0.25, 0.3) is 0 Å². The Bertz CT molecular complexity index is 726. The summed E-state index contributed by atoms with van der Waals surface area (Å²) in [5.41, 5.74) is 0.586. The molecule has 0 bridgehead atoms. The third-order valence-electron chi connectivity index (χ3n) is 4.22. The predicted octanol–water partition coefficient (Wildman–Crippen LogP) is 1.69. The maximum atomic E-state index is 12.1. The van der Waals surface area contributed by atoms with Crippen molar-refractivity contribution in [3.05, 3.63) is 29.8 Å². The molecule has 1 aliphatic carbocycles. The minimum atomic E-state index is -3.59. The van der Waals surface area contributed by atoms with Crippen LogP contribution < -0.4 is 9.62 Å². The van der Waals surface area contributed by atoms with E-state index in [1.165, 1.54) is 13.2 Å². The molecule has 1 amide bonds. The van der Waals surface area contributed by atoms with Crippen LogP contribution in [0.2, 0.25) is 0 Å². The zero-order chi connectivity index (χ0) is 18.4. The van der Waals surface area contributed by atoms with E-state index in [1.807, 2.05) is 0 Å². The quantitative estimate of drug-likeness (QED) is 0.739. The van der Waals surface area contributed by atoms with Crippen LogP contribution in [-0.4, -0.2) is 46.2 Å². The summed E-state index contributed by atoms with van der Waals surface area (Å²) < 4.78 is 30.0. The first kappa shape index (κ1) is 19.2. The molecule has 138 valence electrons. The van der Waals surface area contributed by atoms with Gasteiger partial charge >= 0.3 is 5.97 Å². The molecular formula is C17H24N2O5S. The molecule has 0 aliphatic heterocycles. The lowest BCUT2D eigenvalue weighted by Gasteiger charge is -2.23. The Kier molecular flexibility index (Phi) is 6.41. The van der Waals surface area contributed by atoms with Crippen LogP contribution in [0.3, 0.4) is 0 Å². The largest absolute Gasteiger partial charge is 0.465 e. The molecule has 1 N–H and O–H groups in total. The average molecular weight is 368 g/mol. The van der Waals surface area contributed by atoms with Crippen LogP contribution >= 0.6 is 0 Å². The van der Waals surface area contributed by atoms with Crippen molar-refractivity contribution in [2.24, 2.45) is 0 Å². The van der Waals surface area contributed by atoms with Gasteiger partial charge in [0.1, 0.15) is 0 Å². The molecule has 1 saturated carbocycles. The van der Waals surface area contributed by atoms with Gasteiger partial charge in [-0.15, -0.1) is 0 Å². The van der Waals surface area contributed by atoms with Gasteiger partial charge in [0.15, 0.2) is 0 Å². The third-order valence-corrected chi connectivity index (χ3v) is 5.41. The van der Waals surface area contributed by atoms with Gasteiger partial charge in [-0.25, -0.2) is 13.2 Å². The Morgan fingerprint density at radius 3 is 2.56 bits per heavy atom. The van der Waals surface area contributed by atoms with E-state index in [0.29, 0.717) is 5.69 Å². The minimum Gasteiger partial charge on any atom is -0.465 e. The standard InChI is InChI=1S/C17H24N2O5S/c1-24-17(21)13-6-5-9-15(12-13)19(25(2,22)23)11-10-16(20)18-14-7-3-4-8-14/h5-6,9,12,14H,3-4,7-8,10-11H2,1-2H3,(H,18,20). The number of sulfonamides is 1. The third kappa shape index (κ3) is 5.45. The predicted molar refractivity (Wildman–Crippen MR) is 95.0 cm³/mol. The smallest absolute Gasteiger partial charge is 0.337 e. The number of esters is 1. The topological polar surface area (TPSA) is 92.8 Å². The summed E-state index contributed by atoms with van der Waals surface area (Å²) in [5, 5.41) is 2.94. The SMILES string of the molecule is COC(=O)c1cccc(N(CCC(=O)NC2CCCC2)S(C)(=O)=O)c1. The van der Waals surface area contributed by atoms with E-state index in [-0.39, 0.29) is 30.5 Å². The number of carbonyl (C=O) groups is 2. The average Bonchev–Trinajstić information content (AvgIpc) is 3.06. The van der Waals surface area contributed by atoms with E-state index in [9.17, 15) is 18.0 Å². The van der Waals surface area contributed by atoms with E-state index in [1.54, 1.807) is 18.2 Å². The van der Waals surface area contributed by atoms with Crippen LogP contribution in [0.5, 0.6) is 0 Å². The number of nitrogens with zero attached hydrogens (tertiary/aromatic N) is 1. The molecule has 1 aliphatic rings. The molecule has 1 fully saturated rings. The maximum Gasteiger partial charge on any atom is 0.337 e. The lowest BCUT2D eigenvalue weighted by Crippen LogP contribution is -2.37. The van der Waals surface area contributed by atoms with E-state index in [0.717, 1.165) is 36.2 Å². The van der Waals surface area contributed by atoms with E-state index >= 15 is 0 Å². The number of anilines is 1. The summed E-state index contributed by atoms with van der Waals surface area (Å²) >= 11 is 0. The Morgan fingerprint density at radius 2 is 1.96 bits per heavy atom. The number of ether oxygens (including phenoxy) is 1. The highest BCUT2D eigenvalue weighted by atomic mass is 32.2. The molecule has 25 heavy (non-hydrogen) atoms. The van der Waals surface area contributed by atoms with E-state index < -0.39 is 16.0 Å². The second-order valence-corrected chi connectivity index (χ2v) is 8.08. The number of benzene rings is 1. The summed E-state index contributed by atoms with van der Waals surface area (Å²) in [6, 6.07) is 6.35. The number of hydrogen-bond acceptors (Lipinski definition) is 5. The van der Waals surface area contributed by atoms with Crippen LogP contribution in [0, 0.1) is 0 Å². The van der Waals surface area contributed by atoms with Gasteiger partial charge in [0, 0.05) is 19.0 Å². The number of amides is 1. The lowest BCUT2D eigenvalue weighted by atomic mass is 10.2. The zero-order valence-corrected chi connectivity index (χ0v) is 15.3. The highest BCUT2D eigenvalue weighted by Crippen LogP contribution is 2.21. The summed E-state index contributed by atoms with van der Waals surface area (Å²) in [6.45, 7) is 0.0159. The van der Waals surface area contributed by atoms with Crippen molar-refractivity contribution < 1.29 is 22.7 Å². The Morgan fingerprint density at radius 1 is 1.28 bits per heavy atom. The summed E-state index contributed by atoms with van der Waals surface area (Å²) in [6.07, 6.45) is 5.31. The molecule has 1 aromatic carbocycles. The molecule has 0 atom stereocenters. The van der Waals surface area contributed by atoms with Crippen LogP contribution in [0.15, 0.2) is 24.3 Å². The van der Waals surface area contributed by atoms with Gasteiger partial charge in [-0.3, -0.25) is 9.10 Å². The molecule has 0 radical (unpaired) electrons. The van der Waals surface area contributed by atoms with Crippen molar-refractivity contribution in [1.29, 1.82) is 0 Å². The molecule has 0 aromatic heterocycles. The maximum absolute atomic E-state index is 12.1. The van der Waals surface area contributed by atoms with Crippen LogP contribution in [0.25, 0.3) is 0 Å². The second kappa shape index (κ2) is 8.33. The van der Waals surface area contributed by atoms with Crippen molar-refractivity contribution in [3.8, 4) is 0 Å². The fourth-order valence-electron chi connectivity index (χ4n) is 2.97.